The van der Waals surface area contributed by atoms with Gasteiger partial charge in [0.05, 0.1) is 16.5 Å². The first kappa shape index (κ1) is 17.7. The fourth-order valence-electron chi connectivity index (χ4n) is 3.25. The highest BCUT2D eigenvalue weighted by Gasteiger charge is 2.35. The number of aromatic nitrogens is 3. The first-order chi connectivity index (χ1) is 12.6. The van der Waals surface area contributed by atoms with Crippen LogP contribution >= 0.6 is 23.1 Å². The van der Waals surface area contributed by atoms with Gasteiger partial charge in [-0.05, 0) is 52.4 Å². The molecule has 1 fully saturated rings. The fourth-order valence-corrected chi connectivity index (χ4v) is 4.72. The van der Waals surface area contributed by atoms with Crippen molar-refractivity contribution in [2.45, 2.75) is 63.6 Å². The summed E-state index contributed by atoms with van der Waals surface area (Å²) in [6.45, 7) is 3.89. The van der Waals surface area contributed by atoms with Gasteiger partial charge in [-0.15, -0.1) is 21.5 Å². The van der Waals surface area contributed by atoms with Crippen LogP contribution in [0.5, 0.6) is 0 Å². The Morgan fingerprint density at radius 1 is 1.35 bits per heavy atom. The van der Waals surface area contributed by atoms with E-state index in [1.165, 1.54) is 30.3 Å². The van der Waals surface area contributed by atoms with Gasteiger partial charge in [0.25, 0.3) is 11.1 Å². The van der Waals surface area contributed by atoms with Crippen molar-refractivity contribution in [3.8, 4) is 10.8 Å². The van der Waals surface area contributed by atoms with Crippen molar-refractivity contribution < 1.29 is 9.21 Å². The number of thiazole rings is 1. The Hall–Kier alpha value is -1.67. The lowest BCUT2D eigenvalue weighted by molar-refractivity contribution is -0.127. The van der Waals surface area contributed by atoms with Crippen molar-refractivity contribution in [2.75, 3.05) is 5.75 Å². The Bertz CT molecular complexity index is 838. The number of carbonyl (C=O) groups is 1. The maximum absolute atomic E-state index is 12.8. The molecule has 2 aromatic rings. The zero-order valence-corrected chi connectivity index (χ0v) is 16.7. The fraction of sp³-hybridized carbons (Fsp3) is 0.556. The molecule has 0 bridgehead atoms. The van der Waals surface area contributed by atoms with Crippen molar-refractivity contribution in [2.24, 2.45) is 0 Å². The highest BCUT2D eigenvalue weighted by Crippen LogP contribution is 2.35. The molecule has 1 saturated carbocycles. The van der Waals surface area contributed by atoms with E-state index >= 15 is 0 Å². The van der Waals surface area contributed by atoms with E-state index in [9.17, 15) is 4.79 Å². The van der Waals surface area contributed by atoms with Gasteiger partial charge in [0.1, 0.15) is 4.88 Å². The number of hydrogen-bond acceptors (Lipinski definition) is 7. The van der Waals surface area contributed by atoms with Crippen molar-refractivity contribution in [3.05, 3.63) is 22.5 Å². The van der Waals surface area contributed by atoms with Crippen LogP contribution in [-0.4, -0.2) is 37.8 Å². The molecule has 0 saturated heterocycles. The minimum Gasteiger partial charge on any atom is -0.410 e. The lowest BCUT2D eigenvalue weighted by atomic mass is 10.0. The largest absolute Gasteiger partial charge is 0.410 e. The number of allylic oxidation sites excluding steroid dienone is 2. The number of aryl methyl sites for hydroxylation is 2. The van der Waals surface area contributed by atoms with Crippen molar-refractivity contribution in [1.82, 2.24) is 20.1 Å². The predicted octanol–water partition coefficient (Wildman–Crippen LogP) is 4.35. The third-order valence-corrected chi connectivity index (χ3v) is 6.44. The van der Waals surface area contributed by atoms with Gasteiger partial charge >= 0.3 is 0 Å². The van der Waals surface area contributed by atoms with Crippen LogP contribution in [0.25, 0.3) is 10.8 Å². The molecule has 0 aromatic carbocycles. The average molecular weight is 391 g/mol. The Kier molecular flexibility index (Phi) is 5.13. The standard InChI is InChI=1S/C18H22N4O2S2/c1-11-16(26-12(2)19-11)17-20-21-18(24-17)25-10-15(23)22(14-8-9-14)13-6-4-3-5-7-13/h6,14H,3-5,7-10H2,1-2H3. The molecule has 2 heterocycles. The van der Waals surface area contributed by atoms with Gasteiger partial charge in [0, 0.05) is 11.7 Å². The third-order valence-electron chi connectivity index (χ3n) is 4.58. The zero-order chi connectivity index (χ0) is 18.1. The van der Waals surface area contributed by atoms with Gasteiger partial charge in [-0.2, -0.15) is 0 Å². The molecule has 2 aliphatic rings. The normalized spacial score (nSPS) is 17.2. The molecule has 2 aliphatic carbocycles. The van der Waals surface area contributed by atoms with Crippen LogP contribution in [0.2, 0.25) is 0 Å². The van der Waals surface area contributed by atoms with Crippen molar-refractivity contribution in [3.63, 3.8) is 0 Å². The quantitative estimate of drug-likeness (QED) is 0.683. The van der Waals surface area contributed by atoms with E-state index in [2.05, 4.69) is 21.3 Å². The van der Waals surface area contributed by atoms with Crippen molar-refractivity contribution >= 4 is 29.0 Å². The molecule has 0 N–H and O–H groups in total. The summed E-state index contributed by atoms with van der Waals surface area (Å²) < 4.78 is 5.74. The smallest absolute Gasteiger partial charge is 0.277 e. The maximum Gasteiger partial charge on any atom is 0.277 e. The summed E-state index contributed by atoms with van der Waals surface area (Å²) in [4.78, 5) is 20.1. The van der Waals surface area contributed by atoms with Gasteiger partial charge in [-0.1, -0.05) is 17.8 Å². The van der Waals surface area contributed by atoms with E-state index in [4.69, 9.17) is 4.42 Å². The molecule has 1 amide bonds. The number of thioether (sulfide) groups is 1. The van der Waals surface area contributed by atoms with Crippen molar-refractivity contribution in [1.29, 1.82) is 0 Å². The molecule has 6 nitrogen and oxygen atoms in total. The molecule has 2 aromatic heterocycles. The van der Waals surface area contributed by atoms with Gasteiger partial charge in [0.15, 0.2) is 0 Å². The molecule has 8 heteroatoms. The average Bonchev–Trinajstić information content (AvgIpc) is 3.24. The summed E-state index contributed by atoms with van der Waals surface area (Å²) in [5.41, 5.74) is 2.11. The van der Waals surface area contributed by atoms with Crippen LogP contribution in [-0.2, 0) is 4.79 Å². The highest BCUT2D eigenvalue weighted by atomic mass is 32.2. The molecule has 138 valence electrons. The molecule has 4 rings (SSSR count). The molecule has 0 radical (unpaired) electrons. The van der Waals surface area contributed by atoms with Gasteiger partial charge < -0.3 is 9.32 Å². The SMILES string of the molecule is Cc1nc(C)c(-c2nnc(SCC(=O)N(C3=CCCCC3)C3CC3)o2)s1. The Morgan fingerprint density at radius 3 is 2.85 bits per heavy atom. The molecule has 0 spiro atoms. The van der Waals surface area contributed by atoms with Crippen LogP contribution < -0.4 is 0 Å². The molecule has 0 atom stereocenters. The number of hydrogen-bond donors (Lipinski definition) is 0. The lowest BCUT2D eigenvalue weighted by Gasteiger charge is -2.27. The first-order valence-corrected chi connectivity index (χ1v) is 10.8. The lowest BCUT2D eigenvalue weighted by Crippen LogP contribution is -2.34. The van der Waals surface area contributed by atoms with Gasteiger partial charge in [-0.25, -0.2) is 4.98 Å². The molecule has 26 heavy (non-hydrogen) atoms. The van der Waals surface area contributed by atoms with E-state index in [0.717, 1.165) is 41.3 Å². The van der Waals surface area contributed by atoms with Crippen LogP contribution in [0, 0.1) is 13.8 Å². The summed E-state index contributed by atoms with van der Waals surface area (Å²) in [5, 5.41) is 9.61. The van der Waals surface area contributed by atoms with E-state index < -0.39 is 0 Å². The minimum absolute atomic E-state index is 0.148. The summed E-state index contributed by atoms with van der Waals surface area (Å²) in [5.74, 6) is 0.961. The summed E-state index contributed by atoms with van der Waals surface area (Å²) in [6.07, 6.45) is 8.97. The van der Waals surface area contributed by atoms with Crippen LogP contribution in [0.4, 0.5) is 0 Å². The van der Waals surface area contributed by atoms with Crippen LogP contribution in [0.15, 0.2) is 21.4 Å². The third kappa shape index (κ3) is 3.86. The number of rotatable bonds is 6. The predicted molar refractivity (Wildman–Crippen MR) is 102 cm³/mol. The van der Waals surface area contributed by atoms with E-state index in [1.54, 1.807) is 11.3 Å². The van der Waals surface area contributed by atoms with E-state index in [0.29, 0.717) is 22.9 Å². The van der Waals surface area contributed by atoms with Gasteiger partial charge in [-0.3, -0.25) is 4.79 Å². The van der Waals surface area contributed by atoms with Gasteiger partial charge in [0.2, 0.25) is 5.91 Å². The molecular formula is C18H22N4O2S2. The zero-order valence-electron chi connectivity index (χ0n) is 15.0. The Morgan fingerprint density at radius 2 is 2.19 bits per heavy atom. The number of nitrogens with zero attached hydrogens (tertiary/aromatic N) is 4. The Balaban J connectivity index is 1.41. The number of carbonyl (C=O) groups excluding carboxylic acids is 1. The summed E-state index contributed by atoms with van der Waals surface area (Å²) in [6, 6.07) is 0.397. The van der Waals surface area contributed by atoms with Crippen LogP contribution in [0.1, 0.15) is 49.2 Å². The second-order valence-electron chi connectivity index (χ2n) is 6.75. The minimum atomic E-state index is 0.148. The number of amides is 1. The van der Waals surface area contributed by atoms with Crippen LogP contribution in [0.3, 0.4) is 0 Å². The molecule has 0 aliphatic heterocycles. The maximum atomic E-state index is 12.8. The van der Waals surface area contributed by atoms with E-state index in [-0.39, 0.29) is 5.91 Å². The second kappa shape index (κ2) is 7.52. The summed E-state index contributed by atoms with van der Waals surface area (Å²) >= 11 is 2.86. The first-order valence-electron chi connectivity index (χ1n) is 9.03. The monoisotopic (exact) mass is 390 g/mol. The Labute approximate surface area is 161 Å². The highest BCUT2D eigenvalue weighted by molar-refractivity contribution is 7.99. The second-order valence-corrected chi connectivity index (χ2v) is 8.88. The van der Waals surface area contributed by atoms with E-state index in [1.807, 2.05) is 18.7 Å². The molecule has 0 unspecified atom stereocenters. The topological polar surface area (TPSA) is 72.1 Å². The summed E-state index contributed by atoms with van der Waals surface area (Å²) in [7, 11) is 0. The molecular weight excluding hydrogens is 368 g/mol.